The Labute approximate surface area is 116 Å². The van der Waals surface area contributed by atoms with E-state index in [2.05, 4.69) is 13.8 Å². The third kappa shape index (κ3) is 3.95. The fourth-order valence-corrected chi connectivity index (χ4v) is 2.92. The van der Waals surface area contributed by atoms with Crippen molar-refractivity contribution in [3.05, 3.63) is 0 Å². The number of hydrogen-bond acceptors (Lipinski definition) is 2. The van der Waals surface area contributed by atoms with Gasteiger partial charge in [0.25, 0.3) is 0 Å². The minimum Gasteiger partial charge on any atom is -0.480 e. The first-order valence-electron chi connectivity index (χ1n) is 7.09. The minimum absolute atomic E-state index is 0.000370. The van der Waals surface area contributed by atoms with Gasteiger partial charge in [-0.15, -0.1) is 0 Å². The Morgan fingerprint density at radius 3 is 2.26 bits per heavy atom. The van der Waals surface area contributed by atoms with Crippen molar-refractivity contribution >= 4 is 11.9 Å². The monoisotopic (exact) mass is 269 g/mol. The molecule has 1 amide bonds. The predicted octanol–water partition coefficient (Wildman–Crippen LogP) is 2.91. The second-order valence-corrected chi connectivity index (χ2v) is 7.28. The Morgan fingerprint density at radius 2 is 1.84 bits per heavy atom. The first kappa shape index (κ1) is 16.0. The molecule has 0 aromatic carbocycles. The summed E-state index contributed by atoms with van der Waals surface area (Å²) in [4.78, 5) is 25.3. The van der Waals surface area contributed by atoms with E-state index in [0.717, 1.165) is 25.7 Å². The smallest absolute Gasteiger partial charge is 0.323 e. The van der Waals surface area contributed by atoms with Crippen LogP contribution in [0.3, 0.4) is 0 Å². The molecule has 4 heteroatoms. The van der Waals surface area contributed by atoms with Gasteiger partial charge in [-0.05, 0) is 39.0 Å². The second kappa shape index (κ2) is 5.51. The fourth-order valence-electron chi connectivity index (χ4n) is 2.92. The van der Waals surface area contributed by atoms with E-state index in [4.69, 9.17) is 5.11 Å². The summed E-state index contributed by atoms with van der Waals surface area (Å²) in [5.41, 5.74) is -0.486. The molecule has 1 aliphatic rings. The maximum Gasteiger partial charge on any atom is 0.323 e. The predicted molar refractivity (Wildman–Crippen MR) is 74.8 cm³/mol. The van der Waals surface area contributed by atoms with E-state index < -0.39 is 11.5 Å². The van der Waals surface area contributed by atoms with Crippen LogP contribution in [0.4, 0.5) is 0 Å². The molecule has 1 N–H and O–H groups in total. The highest BCUT2D eigenvalue weighted by Crippen LogP contribution is 2.42. The Bertz CT molecular complexity index is 355. The van der Waals surface area contributed by atoms with Crippen LogP contribution < -0.4 is 0 Å². The summed E-state index contributed by atoms with van der Waals surface area (Å²) in [6.45, 7) is 9.71. The molecule has 19 heavy (non-hydrogen) atoms. The molecular formula is C15H27NO3. The second-order valence-electron chi connectivity index (χ2n) is 7.28. The van der Waals surface area contributed by atoms with E-state index in [9.17, 15) is 9.59 Å². The van der Waals surface area contributed by atoms with Crippen molar-refractivity contribution in [2.24, 2.45) is 11.3 Å². The normalized spacial score (nSPS) is 22.9. The lowest BCUT2D eigenvalue weighted by Crippen LogP contribution is -2.53. The van der Waals surface area contributed by atoms with Gasteiger partial charge in [0.15, 0.2) is 0 Å². The molecule has 0 bridgehead atoms. The molecule has 4 nitrogen and oxygen atoms in total. The number of carbonyl (C=O) groups is 2. The van der Waals surface area contributed by atoms with Gasteiger partial charge >= 0.3 is 5.97 Å². The third-order valence-electron chi connectivity index (χ3n) is 4.17. The molecule has 1 rings (SSSR count). The van der Waals surface area contributed by atoms with Crippen molar-refractivity contribution in [3.8, 4) is 0 Å². The number of hydrogen-bond donors (Lipinski definition) is 1. The average Bonchev–Trinajstić information content (AvgIpc) is 2.22. The molecule has 110 valence electrons. The van der Waals surface area contributed by atoms with Crippen LogP contribution in [-0.2, 0) is 9.59 Å². The lowest BCUT2D eigenvalue weighted by molar-refractivity contribution is -0.154. The van der Waals surface area contributed by atoms with E-state index in [1.165, 1.54) is 4.90 Å². The van der Waals surface area contributed by atoms with E-state index in [1.807, 2.05) is 20.8 Å². The van der Waals surface area contributed by atoms with E-state index in [-0.39, 0.29) is 23.8 Å². The minimum atomic E-state index is -0.947. The number of rotatable bonds is 3. The molecule has 0 saturated heterocycles. The van der Waals surface area contributed by atoms with Gasteiger partial charge in [0.2, 0.25) is 5.91 Å². The van der Waals surface area contributed by atoms with Gasteiger partial charge in [0.05, 0.1) is 0 Å². The summed E-state index contributed by atoms with van der Waals surface area (Å²) >= 11 is 0. The first-order chi connectivity index (χ1) is 8.55. The van der Waals surface area contributed by atoms with Gasteiger partial charge in [0.1, 0.15) is 6.54 Å². The molecule has 1 aliphatic carbocycles. The van der Waals surface area contributed by atoms with Crippen LogP contribution in [0.2, 0.25) is 0 Å². The highest BCUT2D eigenvalue weighted by molar-refractivity contribution is 5.84. The molecule has 1 atom stereocenters. The van der Waals surface area contributed by atoms with Crippen LogP contribution in [0.5, 0.6) is 0 Å². The Hall–Kier alpha value is -1.06. The summed E-state index contributed by atoms with van der Waals surface area (Å²) in [6.07, 6.45) is 4.13. The molecule has 1 fully saturated rings. The standard InChI is InChI=1S/C15H27NO3/c1-14(2,3)16(10-12(17)18)13(19)11-8-6-7-9-15(11,4)5/h11H,6-10H2,1-5H3,(H,17,18). The summed E-state index contributed by atoms with van der Waals surface area (Å²) in [5.74, 6) is -1.00. The number of aliphatic carboxylic acids is 1. The zero-order valence-corrected chi connectivity index (χ0v) is 12.8. The molecule has 0 spiro atoms. The Balaban J connectivity index is 2.95. The lowest BCUT2D eigenvalue weighted by Gasteiger charge is -2.43. The van der Waals surface area contributed by atoms with Gasteiger partial charge < -0.3 is 10.0 Å². The maximum atomic E-state index is 12.8. The highest BCUT2D eigenvalue weighted by atomic mass is 16.4. The van der Waals surface area contributed by atoms with Gasteiger partial charge in [-0.3, -0.25) is 9.59 Å². The topological polar surface area (TPSA) is 57.6 Å². The Morgan fingerprint density at radius 1 is 1.26 bits per heavy atom. The number of carboxylic acids is 1. The summed E-state index contributed by atoms with van der Waals surface area (Å²) in [5, 5.41) is 9.03. The zero-order valence-electron chi connectivity index (χ0n) is 12.8. The van der Waals surface area contributed by atoms with Crippen LogP contribution >= 0.6 is 0 Å². The van der Waals surface area contributed by atoms with Crippen molar-refractivity contribution in [1.82, 2.24) is 4.90 Å². The molecule has 0 heterocycles. The molecule has 1 saturated carbocycles. The first-order valence-corrected chi connectivity index (χ1v) is 7.09. The maximum absolute atomic E-state index is 12.8. The van der Waals surface area contributed by atoms with Crippen molar-refractivity contribution < 1.29 is 14.7 Å². The molecule has 0 radical (unpaired) electrons. The van der Waals surface area contributed by atoms with Crippen LogP contribution in [0.25, 0.3) is 0 Å². The molecular weight excluding hydrogens is 242 g/mol. The van der Waals surface area contributed by atoms with Gasteiger partial charge in [0, 0.05) is 11.5 Å². The van der Waals surface area contributed by atoms with Crippen LogP contribution in [0.15, 0.2) is 0 Å². The summed E-state index contributed by atoms with van der Waals surface area (Å²) < 4.78 is 0. The SMILES string of the molecule is CC1(C)CCCCC1C(=O)N(CC(=O)O)C(C)(C)C. The van der Waals surface area contributed by atoms with Crippen molar-refractivity contribution in [2.75, 3.05) is 6.54 Å². The third-order valence-corrected chi connectivity index (χ3v) is 4.17. The van der Waals surface area contributed by atoms with Gasteiger partial charge in [-0.25, -0.2) is 0 Å². The van der Waals surface area contributed by atoms with E-state index >= 15 is 0 Å². The summed E-state index contributed by atoms with van der Waals surface area (Å²) in [6, 6.07) is 0. The number of carbonyl (C=O) groups excluding carboxylic acids is 1. The number of nitrogens with zero attached hydrogens (tertiary/aromatic N) is 1. The van der Waals surface area contributed by atoms with Crippen molar-refractivity contribution in [1.29, 1.82) is 0 Å². The molecule has 1 unspecified atom stereocenters. The van der Waals surface area contributed by atoms with Crippen LogP contribution in [0.1, 0.15) is 60.3 Å². The Kier molecular flexibility index (Phi) is 4.64. The van der Waals surface area contributed by atoms with Crippen LogP contribution in [0, 0.1) is 11.3 Å². The van der Waals surface area contributed by atoms with Gasteiger partial charge in [-0.1, -0.05) is 26.7 Å². The van der Waals surface area contributed by atoms with Crippen molar-refractivity contribution in [3.63, 3.8) is 0 Å². The van der Waals surface area contributed by atoms with Crippen LogP contribution in [-0.4, -0.2) is 34.0 Å². The van der Waals surface area contributed by atoms with Gasteiger partial charge in [-0.2, -0.15) is 0 Å². The van der Waals surface area contributed by atoms with E-state index in [0.29, 0.717) is 0 Å². The summed E-state index contributed by atoms with van der Waals surface area (Å²) in [7, 11) is 0. The zero-order chi connectivity index (χ0) is 14.8. The molecule has 0 aromatic rings. The largest absolute Gasteiger partial charge is 0.480 e. The quantitative estimate of drug-likeness (QED) is 0.857. The molecule has 0 aromatic heterocycles. The fraction of sp³-hybridized carbons (Fsp3) is 0.867. The number of carboxylic acid groups (broad SMARTS) is 1. The molecule has 0 aliphatic heterocycles. The van der Waals surface area contributed by atoms with Crippen molar-refractivity contribution in [2.45, 2.75) is 65.8 Å². The lowest BCUT2D eigenvalue weighted by atomic mass is 9.68. The highest BCUT2D eigenvalue weighted by Gasteiger charge is 2.42. The van der Waals surface area contributed by atoms with E-state index in [1.54, 1.807) is 0 Å². The average molecular weight is 269 g/mol. The number of amides is 1.